The molecule has 1 aliphatic rings. The van der Waals surface area contributed by atoms with Crippen LogP contribution in [0.3, 0.4) is 0 Å². The van der Waals surface area contributed by atoms with Crippen molar-refractivity contribution < 1.29 is 9.90 Å². The fourth-order valence-corrected chi connectivity index (χ4v) is 2.50. The van der Waals surface area contributed by atoms with E-state index in [-0.39, 0.29) is 12.6 Å². The van der Waals surface area contributed by atoms with E-state index in [0.29, 0.717) is 6.04 Å². The van der Waals surface area contributed by atoms with Gasteiger partial charge >= 0.3 is 6.03 Å². The number of aliphatic hydroxyl groups is 1. The molecule has 0 spiro atoms. The molecule has 0 aromatic carbocycles. The summed E-state index contributed by atoms with van der Waals surface area (Å²) in [6.45, 7) is 1.93. The van der Waals surface area contributed by atoms with Crippen molar-refractivity contribution in [2.45, 2.75) is 37.8 Å². The lowest BCUT2D eigenvalue weighted by atomic mass is 9.93. The van der Waals surface area contributed by atoms with Crippen LogP contribution in [0.25, 0.3) is 0 Å². The monoisotopic (exact) mass is 254 g/mol. The van der Waals surface area contributed by atoms with E-state index in [4.69, 9.17) is 0 Å². The SMILES string of the molecule is C[C@](O)(CNC(=O)NC1CCC1)c1ccsc1. The number of rotatable bonds is 4. The first-order valence-corrected chi connectivity index (χ1v) is 6.81. The summed E-state index contributed by atoms with van der Waals surface area (Å²) in [4.78, 5) is 11.5. The van der Waals surface area contributed by atoms with E-state index in [0.717, 1.165) is 18.4 Å². The van der Waals surface area contributed by atoms with Crippen LogP contribution in [0.15, 0.2) is 16.8 Å². The van der Waals surface area contributed by atoms with Gasteiger partial charge in [-0.1, -0.05) is 0 Å². The second kappa shape index (κ2) is 5.06. The molecule has 1 aromatic heterocycles. The van der Waals surface area contributed by atoms with Gasteiger partial charge in [0.05, 0.1) is 6.54 Å². The van der Waals surface area contributed by atoms with Gasteiger partial charge in [0, 0.05) is 6.04 Å². The largest absolute Gasteiger partial charge is 0.384 e. The van der Waals surface area contributed by atoms with Crippen LogP contribution in [0.4, 0.5) is 4.79 Å². The van der Waals surface area contributed by atoms with Gasteiger partial charge in [0.2, 0.25) is 0 Å². The Hall–Kier alpha value is -1.07. The van der Waals surface area contributed by atoms with Crippen LogP contribution in [0, 0.1) is 0 Å². The van der Waals surface area contributed by atoms with Crippen molar-refractivity contribution in [2.75, 3.05) is 6.54 Å². The molecule has 0 bridgehead atoms. The maximum absolute atomic E-state index is 11.5. The topological polar surface area (TPSA) is 61.4 Å². The van der Waals surface area contributed by atoms with Gasteiger partial charge in [-0.25, -0.2) is 4.79 Å². The van der Waals surface area contributed by atoms with E-state index in [1.807, 2.05) is 16.8 Å². The number of amides is 2. The fourth-order valence-electron chi connectivity index (χ4n) is 1.71. The van der Waals surface area contributed by atoms with Crippen LogP contribution in [-0.4, -0.2) is 23.7 Å². The zero-order valence-corrected chi connectivity index (χ0v) is 10.7. The molecule has 0 radical (unpaired) electrons. The van der Waals surface area contributed by atoms with Crippen LogP contribution in [0.1, 0.15) is 31.7 Å². The molecule has 0 unspecified atom stereocenters. The fraction of sp³-hybridized carbons (Fsp3) is 0.583. The third-order valence-electron chi connectivity index (χ3n) is 3.18. The number of nitrogens with one attached hydrogen (secondary N) is 2. The molecule has 94 valence electrons. The molecule has 1 aromatic rings. The molecule has 1 aliphatic carbocycles. The Morgan fingerprint density at radius 3 is 2.94 bits per heavy atom. The van der Waals surface area contributed by atoms with Gasteiger partial charge in [-0.15, -0.1) is 0 Å². The van der Waals surface area contributed by atoms with E-state index >= 15 is 0 Å². The number of carbonyl (C=O) groups excluding carboxylic acids is 1. The summed E-state index contributed by atoms with van der Waals surface area (Å²) < 4.78 is 0. The average Bonchev–Trinajstić information content (AvgIpc) is 2.74. The molecular formula is C12H18N2O2S. The van der Waals surface area contributed by atoms with Gasteiger partial charge in [-0.05, 0) is 48.6 Å². The minimum Gasteiger partial charge on any atom is -0.384 e. The summed E-state index contributed by atoms with van der Waals surface area (Å²) in [7, 11) is 0. The van der Waals surface area contributed by atoms with Crippen molar-refractivity contribution in [1.82, 2.24) is 10.6 Å². The molecule has 2 rings (SSSR count). The third kappa shape index (κ3) is 3.20. The van der Waals surface area contributed by atoms with Crippen molar-refractivity contribution >= 4 is 17.4 Å². The molecule has 0 aliphatic heterocycles. The second-order valence-electron chi connectivity index (χ2n) is 4.74. The Labute approximate surface area is 105 Å². The maximum Gasteiger partial charge on any atom is 0.315 e. The lowest BCUT2D eigenvalue weighted by Gasteiger charge is -2.28. The smallest absolute Gasteiger partial charge is 0.315 e. The summed E-state index contributed by atoms with van der Waals surface area (Å²) in [6, 6.07) is 2.00. The van der Waals surface area contributed by atoms with Crippen LogP contribution < -0.4 is 10.6 Å². The Kier molecular flexibility index (Phi) is 3.69. The zero-order valence-electron chi connectivity index (χ0n) is 9.90. The summed E-state index contributed by atoms with van der Waals surface area (Å²) in [5.41, 5.74) is -0.164. The van der Waals surface area contributed by atoms with E-state index in [9.17, 15) is 9.90 Å². The maximum atomic E-state index is 11.5. The van der Waals surface area contributed by atoms with Crippen LogP contribution >= 0.6 is 11.3 Å². The number of urea groups is 1. The van der Waals surface area contributed by atoms with E-state index < -0.39 is 5.60 Å². The molecule has 1 heterocycles. The molecule has 5 heteroatoms. The van der Waals surface area contributed by atoms with E-state index in [2.05, 4.69) is 10.6 Å². The van der Waals surface area contributed by atoms with E-state index in [1.54, 1.807) is 6.92 Å². The van der Waals surface area contributed by atoms with Gasteiger partial charge in [0.15, 0.2) is 0 Å². The minimum absolute atomic E-state index is 0.190. The minimum atomic E-state index is -1.00. The van der Waals surface area contributed by atoms with Crippen molar-refractivity contribution in [3.63, 3.8) is 0 Å². The highest BCUT2D eigenvalue weighted by Gasteiger charge is 2.25. The Morgan fingerprint density at radius 1 is 1.65 bits per heavy atom. The van der Waals surface area contributed by atoms with Crippen molar-refractivity contribution in [1.29, 1.82) is 0 Å². The first kappa shape index (κ1) is 12.4. The Balaban J connectivity index is 1.78. The van der Waals surface area contributed by atoms with Crippen molar-refractivity contribution in [3.8, 4) is 0 Å². The molecule has 1 fully saturated rings. The Bertz CT molecular complexity index is 372. The highest BCUT2D eigenvalue weighted by atomic mass is 32.1. The molecule has 4 nitrogen and oxygen atoms in total. The highest BCUT2D eigenvalue weighted by Crippen LogP contribution is 2.22. The highest BCUT2D eigenvalue weighted by molar-refractivity contribution is 7.08. The number of thiophene rings is 1. The number of hydrogen-bond donors (Lipinski definition) is 3. The number of hydrogen-bond acceptors (Lipinski definition) is 3. The molecule has 3 N–H and O–H groups in total. The van der Waals surface area contributed by atoms with E-state index in [1.165, 1.54) is 17.8 Å². The molecule has 0 saturated heterocycles. The summed E-state index contributed by atoms with van der Waals surface area (Å²) in [6.07, 6.45) is 3.32. The predicted molar refractivity (Wildman–Crippen MR) is 68.1 cm³/mol. The zero-order chi connectivity index (χ0) is 12.3. The second-order valence-corrected chi connectivity index (χ2v) is 5.52. The third-order valence-corrected chi connectivity index (χ3v) is 3.86. The first-order valence-electron chi connectivity index (χ1n) is 5.87. The van der Waals surface area contributed by atoms with Crippen LogP contribution in [0.5, 0.6) is 0 Å². The molecule has 17 heavy (non-hydrogen) atoms. The standard InChI is InChI=1S/C12H18N2O2S/c1-12(16,9-5-6-17-7-9)8-13-11(15)14-10-3-2-4-10/h5-7,10,16H,2-4,8H2,1H3,(H2,13,14,15)/t12-/m0/s1. The number of carbonyl (C=O) groups is 1. The molecule has 2 amide bonds. The van der Waals surface area contributed by atoms with Crippen LogP contribution in [-0.2, 0) is 5.60 Å². The lowest BCUT2D eigenvalue weighted by molar-refractivity contribution is 0.0595. The lowest BCUT2D eigenvalue weighted by Crippen LogP contribution is -2.48. The van der Waals surface area contributed by atoms with Gasteiger partial charge < -0.3 is 15.7 Å². The quantitative estimate of drug-likeness (QED) is 0.767. The van der Waals surface area contributed by atoms with Crippen LogP contribution in [0.2, 0.25) is 0 Å². The van der Waals surface area contributed by atoms with Gasteiger partial charge in [-0.3, -0.25) is 0 Å². The summed E-state index contributed by atoms with van der Waals surface area (Å²) >= 11 is 1.54. The summed E-state index contributed by atoms with van der Waals surface area (Å²) in [5, 5.41) is 19.6. The summed E-state index contributed by atoms with van der Waals surface area (Å²) in [5.74, 6) is 0. The molecule has 1 atom stereocenters. The van der Waals surface area contributed by atoms with Gasteiger partial charge in [-0.2, -0.15) is 11.3 Å². The average molecular weight is 254 g/mol. The van der Waals surface area contributed by atoms with Crippen molar-refractivity contribution in [3.05, 3.63) is 22.4 Å². The predicted octanol–water partition coefficient (Wildman–Crippen LogP) is 1.81. The molecule has 1 saturated carbocycles. The van der Waals surface area contributed by atoms with Gasteiger partial charge in [0.25, 0.3) is 0 Å². The van der Waals surface area contributed by atoms with Crippen molar-refractivity contribution in [2.24, 2.45) is 0 Å². The first-order chi connectivity index (χ1) is 8.08. The normalized spacial score (nSPS) is 19.2. The molecular weight excluding hydrogens is 236 g/mol. The van der Waals surface area contributed by atoms with Gasteiger partial charge in [0.1, 0.15) is 5.60 Å². The Morgan fingerprint density at radius 2 is 2.41 bits per heavy atom.